The van der Waals surface area contributed by atoms with Crippen molar-refractivity contribution in [3.63, 3.8) is 0 Å². The van der Waals surface area contributed by atoms with E-state index >= 15 is 0 Å². The molecule has 2 aromatic rings. The van der Waals surface area contributed by atoms with Crippen LogP contribution in [-0.2, 0) is 13.0 Å². The average molecular weight is 300 g/mol. The van der Waals surface area contributed by atoms with E-state index in [0.717, 1.165) is 31.7 Å². The number of benzene rings is 1. The van der Waals surface area contributed by atoms with Crippen molar-refractivity contribution >= 4 is 0 Å². The van der Waals surface area contributed by atoms with E-state index in [-0.39, 0.29) is 0 Å². The molecule has 0 fully saturated rings. The van der Waals surface area contributed by atoms with Gasteiger partial charge in [0.1, 0.15) is 0 Å². The van der Waals surface area contributed by atoms with Gasteiger partial charge < -0.3 is 5.73 Å². The van der Waals surface area contributed by atoms with Gasteiger partial charge in [-0.25, -0.2) is 0 Å². The monoisotopic (exact) mass is 300 g/mol. The van der Waals surface area contributed by atoms with Crippen molar-refractivity contribution < 1.29 is 0 Å². The summed E-state index contributed by atoms with van der Waals surface area (Å²) in [5.41, 5.74) is 9.58. The van der Waals surface area contributed by atoms with Gasteiger partial charge in [-0.05, 0) is 32.8 Å². The standard InChI is InChI=1S/C18H28N4/c1-15(2)22-14-18(16(3)20-22)13-21(12-10-19)11-9-17-7-5-4-6-8-17/h4-8,14-15H,9-13,19H2,1-3H3. The lowest BCUT2D eigenvalue weighted by atomic mass is 10.1. The zero-order valence-corrected chi connectivity index (χ0v) is 14.0. The largest absolute Gasteiger partial charge is 0.329 e. The highest BCUT2D eigenvalue weighted by molar-refractivity contribution is 5.17. The Labute approximate surface area is 133 Å². The second-order valence-electron chi connectivity index (χ2n) is 6.11. The van der Waals surface area contributed by atoms with Gasteiger partial charge in [-0.15, -0.1) is 0 Å². The number of hydrogen-bond donors (Lipinski definition) is 1. The quantitative estimate of drug-likeness (QED) is 0.815. The predicted octanol–water partition coefficient (Wildman–Crippen LogP) is 2.78. The lowest BCUT2D eigenvalue weighted by Crippen LogP contribution is -2.31. The molecule has 0 saturated carbocycles. The fourth-order valence-corrected chi connectivity index (χ4v) is 2.56. The normalized spacial score (nSPS) is 11.5. The fourth-order valence-electron chi connectivity index (χ4n) is 2.56. The summed E-state index contributed by atoms with van der Waals surface area (Å²) in [6.45, 7) is 9.94. The first-order valence-corrected chi connectivity index (χ1v) is 8.11. The van der Waals surface area contributed by atoms with Gasteiger partial charge in [0, 0.05) is 44.0 Å². The van der Waals surface area contributed by atoms with E-state index in [2.05, 4.69) is 67.3 Å². The van der Waals surface area contributed by atoms with Crippen LogP contribution in [0.25, 0.3) is 0 Å². The molecule has 0 unspecified atom stereocenters. The molecule has 2 rings (SSSR count). The molecule has 120 valence electrons. The minimum Gasteiger partial charge on any atom is -0.329 e. The molecular weight excluding hydrogens is 272 g/mol. The van der Waals surface area contributed by atoms with E-state index in [9.17, 15) is 0 Å². The van der Waals surface area contributed by atoms with Crippen molar-refractivity contribution in [3.8, 4) is 0 Å². The Morgan fingerprint density at radius 2 is 1.91 bits per heavy atom. The Balaban J connectivity index is 1.99. The molecule has 0 aliphatic carbocycles. The molecule has 2 N–H and O–H groups in total. The average Bonchev–Trinajstić information content (AvgIpc) is 2.87. The van der Waals surface area contributed by atoms with E-state index in [4.69, 9.17) is 5.73 Å². The van der Waals surface area contributed by atoms with Crippen LogP contribution in [-0.4, -0.2) is 34.3 Å². The summed E-state index contributed by atoms with van der Waals surface area (Å²) in [5, 5.41) is 4.60. The highest BCUT2D eigenvalue weighted by Crippen LogP contribution is 2.13. The zero-order valence-electron chi connectivity index (χ0n) is 14.0. The van der Waals surface area contributed by atoms with Gasteiger partial charge in [0.2, 0.25) is 0 Å². The number of hydrogen-bond acceptors (Lipinski definition) is 3. The Morgan fingerprint density at radius 3 is 2.50 bits per heavy atom. The van der Waals surface area contributed by atoms with Crippen molar-refractivity contribution in [2.75, 3.05) is 19.6 Å². The molecule has 0 spiro atoms. The first-order valence-electron chi connectivity index (χ1n) is 8.11. The van der Waals surface area contributed by atoms with Gasteiger partial charge in [0.25, 0.3) is 0 Å². The lowest BCUT2D eigenvalue weighted by Gasteiger charge is -2.21. The van der Waals surface area contributed by atoms with Crippen LogP contribution in [0, 0.1) is 6.92 Å². The van der Waals surface area contributed by atoms with E-state index < -0.39 is 0 Å². The third-order valence-electron chi connectivity index (χ3n) is 3.95. The van der Waals surface area contributed by atoms with Crippen LogP contribution in [0.15, 0.2) is 36.5 Å². The maximum atomic E-state index is 5.78. The van der Waals surface area contributed by atoms with Crippen molar-refractivity contribution in [1.29, 1.82) is 0 Å². The Bertz CT molecular complexity index is 560. The molecule has 0 bridgehead atoms. The molecule has 0 aliphatic rings. The van der Waals surface area contributed by atoms with Gasteiger partial charge in [0.15, 0.2) is 0 Å². The molecule has 22 heavy (non-hydrogen) atoms. The summed E-state index contributed by atoms with van der Waals surface area (Å²) >= 11 is 0. The number of rotatable bonds is 8. The smallest absolute Gasteiger partial charge is 0.0638 e. The third kappa shape index (κ3) is 4.68. The summed E-state index contributed by atoms with van der Waals surface area (Å²) < 4.78 is 2.04. The van der Waals surface area contributed by atoms with Crippen LogP contribution in [0.3, 0.4) is 0 Å². The highest BCUT2D eigenvalue weighted by Gasteiger charge is 2.11. The number of aryl methyl sites for hydroxylation is 1. The Morgan fingerprint density at radius 1 is 1.18 bits per heavy atom. The van der Waals surface area contributed by atoms with Crippen molar-refractivity contribution in [3.05, 3.63) is 53.3 Å². The molecule has 0 saturated heterocycles. The van der Waals surface area contributed by atoms with Crippen molar-refractivity contribution in [1.82, 2.24) is 14.7 Å². The van der Waals surface area contributed by atoms with Gasteiger partial charge in [-0.3, -0.25) is 9.58 Å². The molecule has 0 radical (unpaired) electrons. The molecule has 4 heteroatoms. The molecular formula is C18H28N4. The van der Waals surface area contributed by atoms with Crippen LogP contribution in [0.5, 0.6) is 0 Å². The lowest BCUT2D eigenvalue weighted by molar-refractivity contribution is 0.276. The zero-order chi connectivity index (χ0) is 15.9. The first-order chi connectivity index (χ1) is 10.6. The maximum Gasteiger partial charge on any atom is 0.0638 e. The minimum atomic E-state index is 0.403. The first kappa shape index (κ1) is 16.7. The topological polar surface area (TPSA) is 47.1 Å². The van der Waals surface area contributed by atoms with Crippen molar-refractivity contribution in [2.24, 2.45) is 5.73 Å². The molecule has 1 heterocycles. The Kier molecular flexibility index (Phi) is 6.16. The van der Waals surface area contributed by atoms with Crippen LogP contribution >= 0.6 is 0 Å². The summed E-state index contributed by atoms with van der Waals surface area (Å²) in [6.07, 6.45) is 3.23. The summed E-state index contributed by atoms with van der Waals surface area (Å²) in [7, 11) is 0. The molecule has 0 aliphatic heterocycles. The molecule has 1 aromatic heterocycles. The van der Waals surface area contributed by atoms with Crippen LogP contribution in [0.2, 0.25) is 0 Å². The second-order valence-corrected chi connectivity index (χ2v) is 6.11. The van der Waals surface area contributed by atoms with Crippen molar-refractivity contribution in [2.45, 2.75) is 39.8 Å². The number of nitrogens with two attached hydrogens (primary N) is 1. The molecule has 0 atom stereocenters. The fraction of sp³-hybridized carbons (Fsp3) is 0.500. The van der Waals surface area contributed by atoms with Gasteiger partial charge in [-0.2, -0.15) is 5.10 Å². The SMILES string of the molecule is Cc1nn(C(C)C)cc1CN(CCN)CCc1ccccc1. The van der Waals surface area contributed by atoms with Crippen LogP contribution in [0.1, 0.15) is 36.7 Å². The predicted molar refractivity (Wildman–Crippen MR) is 91.8 cm³/mol. The van der Waals surface area contributed by atoms with Gasteiger partial charge in [0.05, 0.1) is 5.69 Å². The van der Waals surface area contributed by atoms with E-state index in [1.165, 1.54) is 11.1 Å². The summed E-state index contributed by atoms with van der Waals surface area (Å²) in [5.74, 6) is 0. The summed E-state index contributed by atoms with van der Waals surface area (Å²) in [4.78, 5) is 2.42. The highest BCUT2D eigenvalue weighted by atomic mass is 15.3. The van der Waals surface area contributed by atoms with E-state index in [1.807, 2.05) is 4.68 Å². The van der Waals surface area contributed by atoms with Gasteiger partial charge >= 0.3 is 0 Å². The Hall–Kier alpha value is -1.65. The van der Waals surface area contributed by atoms with Gasteiger partial charge in [-0.1, -0.05) is 30.3 Å². The number of nitrogens with zero attached hydrogens (tertiary/aromatic N) is 3. The molecule has 1 aromatic carbocycles. The van der Waals surface area contributed by atoms with E-state index in [1.54, 1.807) is 0 Å². The number of aromatic nitrogens is 2. The molecule has 0 amide bonds. The van der Waals surface area contributed by atoms with Crippen LogP contribution < -0.4 is 5.73 Å². The van der Waals surface area contributed by atoms with Crippen LogP contribution in [0.4, 0.5) is 0 Å². The van der Waals surface area contributed by atoms with E-state index in [0.29, 0.717) is 12.6 Å². The maximum absolute atomic E-state index is 5.78. The summed E-state index contributed by atoms with van der Waals surface area (Å²) in [6, 6.07) is 11.0. The molecule has 4 nitrogen and oxygen atoms in total. The third-order valence-corrected chi connectivity index (χ3v) is 3.95. The second kappa shape index (κ2) is 8.11. The minimum absolute atomic E-state index is 0.403.